The smallest absolute Gasteiger partial charge is 0.272 e. The Morgan fingerprint density at radius 3 is 2.69 bits per heavy atom. The van der Waals surface area contributed by atoms with Crippen molar-refractivity contribution in [3.8, 4) is 5.69 Å². The van der Waals surface area contributed by atoms with Crippen LogP contribution < -0.4 is 5.32 Å². The van der Waals surface area contributed by atoms with Gasteiger partial charge in [0, 0.05) is 21.8 Å². The minimum Gasteiger partial charge on any atom is -0.346 e. The second-order valence-corrected chi connectivity index (χ2v) is 8.42. The number of nitrogens with one attached hydrogen (secondary N) is 1. The number of nitrogens with zero attached hydrogens (tertiary/aromatic N) is 2. The number of benzene rings is 1. The zero-order valence-electron chi connectivity index (χ0n) is 15.5. The van der Waals surface area contributed by atoms with E-state index in [1.165, 1.54) is 0 Å². The number of fused-ring (bicyclic) bond motifs is 1. The Labute approximate surface area is 164 Å². The molecule has 3 rings (SSSR count). The van der Waals surface area contributed by atoms with Crippen molar-refractivity contribution in [2.75, 3.05) is 0 Å². The molecular formula is C20H25Cl2N3O. The molecule has 1 aliphatic rings. The summed E-state index contributed by atoms with van der Waals surface area (Å²) in [6, 6.07) is 5.36. The molecule has 0 saturated carbocycles. The van der Waals surface area contributed by atoms with E-state index in [0.717, 1.165) is 55.5 Å². The van der Waals surface area contributed by atoms with E-state index in [2.05, 4.69) is 17.3 Å². The van der Waals surface area contributed by atoms with E-state index in [4.69, 9.17) is 23.2 Å². The topological polar surface area (TPSA) is 46.9 Å². The number of aromatic nitrogens is 2. The molecule has 1 aromatic heterocycles. The normalized spacial score (nSPS) is 14.2. The van der Waals surface area contributed by atoms with E-state index >= 15 is 0 Å². The van der Waals surface area contributed by atoms with Crippen LogP contribution in [0.15, 0.2) is 18.2 Å². The van der Waals surface area contributed by atoms with Gasteiger partial charge in [-0.1, -0.05) is 36.5 Å². The highest BCUT2D eigenvalue weighted by Crippen LogP contribution is 2.31. The zero-order chi connectivity index (χ0) is 18.9. The molecule has 140 valence electrons. The Bertz CT molecular complexity index is 827. The summed E-state index contributed by atoms with van der Waals surface area (Å²) in [5.41, 5.74) is 3.16. The van der Waals surface area contributed by atoms with Gasteiger partial charge in [-0.15, -0.1) is 0 Å². The van der Waals surface area contributed by atoms with Crippen LogP contribution in [0.3, 0.4) is 0 Å². The summed E-state index contributed by atoms with van der Waals surface area (Å²) in [7, 11) is 0. The summed E-state index contributed by atoms with van der Waals surface area (Å²) in [5.74, 6) is -0.106. The summed E-state index contributed by atoms with van der Waals surface area (Å²) >= 11 is 12.4. The quantitative estimate of drug-likeness (QED) is 0.742. The predicted molar refractivity (Wildman–Crippen MR) is 107 cm³/mol. The molecule has 26 heavy (non-hydrogen) atoms. The van der Waals surface area contributed by atoms with Gasteiger partial charge in [-0.25, -0.2) is 4.68 Å². The molecular weight excluding hydrogens is 369 g/mol. The average Bonchev–Trinajstić information content (AvgIpc) is 2.94. The molecule has 0 bridgehead atoms. The van der Waals surface area contributed by atoms with Crippen LogP contribution in [0.1, 0.15) is 68.2 Å². The van der Waals surface area contributed by atoms with Crippen LogP contribution >= 0.6 is 23.2 Å². The SMILES string of the molecule is CCCC(C)(C)NC(=O)c1nn(-c2ccc(Cl)cc2Cl)c2c1CCCC2. The third-order valence-electron chi connectivity index (χ3n) is 4.86. The Hall–Kier alpha value is -1.52. The molecule has 0 atom stereocenters. The van der Waals surface area contributed by atoms with Gasteiger partial charge >= 0.3 is 0 Å². The number of carbonyl (C=O) groups is 1. The van der Waals surface area contributed by atoms with Crippen molar-refractivity contribution < 1.29 is 4.79 Å². The predicted octanol–water partition coefficient (Wildman–Crippen LogP) is 5.37. The van der Waals surface area contributed by atoms with E-state index < -0.39 is 0 Å². The molecule has 1 amide bonds. The highest BCUT2D eigenvalue weighted by atomic mass is 35.5. The molecule has 4 nitrogen and oxygen atoms in total. The van der Waals surface area contributed by atoms with Crippen molar-refractivity contribution in [1.82, 2.24) is 15.1 Å². The lowest BCUT2D eigenvalue weighted by Crippen LogP contribution is -2.43. The van der Waals surface area contributed by atoms with E-state index in [-0.39, 0.29) is 11.4 Å². The standard InChI is InChI=1S/C20H25Cl2N3O/c1-4-11-20(2,3)23-19(26)18-14-7-5-6-8-16(14)25(24-18)17-10-9-13(21)12-15(17)22/h9-10,12H,4-8,11H2,1-3H3,(H,23,26). The summed E-state index contributed by atoms with van der Waals surface area (Å²) in [5, 5.41) is 8.93. The van der Waals surface area contributed by atoms with Crippen LogP contribution in [0.25, 0.3) is 5.69 Å². The minimum atomic E-state index is -0.255. The maximum absolute atomic E-state index is 12.9. The van der Waals surface area contributed by atoms with Crippen molar-refractivity contribution >= 4 is 29.1 Å². The second-order valence-electron chi connectivity index (χ2n) is 7.58. The van der Waals surface area contributed by atoms with E-state index in [0.29, 0.717) is 15.7 Å². The Kier molecular flexibility index (Phi) is 5.64. The van der Waals surface area contributed by atoms with Crippen LogP contribution in [-0.2, 0) is 12.8 Å². The zero-order valence-corrected chi connectivity index (χ0v) is 17.0. The van der Waals surface area contributed by atoms with Gasteiger partial charge in [0.2, 0.25) is 0 Å². The van der Waals surface area contributed by atoms with Crippen molar-refractivity contribution in [2.24, 2.45) is 0 Å². The molecule has 0 radical (unpaired) electrons. The fraction of sp³-hybridized carbons (Fsp3) is 0.500. The summed E-state index contributed by atoms with van der Waals surface area (Å²) < 4.78 is 1.83. The number of halogens is 2. The number of hydrogen-bond donors (Lipinski definition) is 1. The monoisotopic (exact) mass is 393 g/mol. The first-order valence-corrected chi connectivity index (χ1v) is 9.96. The van der Waals surface area contributed by atoms with Gasteiger partial charge in [0.1, 0.15) is 0 Å². The first-order chi connectivity index (χ1) is 12.3. The Morgan fingerprint density at radius 1 is 1.27 bits per heavy atom. The summed E-state index contributed by atoms with van der Waals surface area (Å²) in [6.45, 7) is 6.22. The molecule has 0 fully saturated rings. The molecule has 1 N–H and O–H groups in total. The van der Waals surface area contributed by atoms with Crippen LogP contribution in [-0.4, -0.2) is 21.2 Å². The maximum Gasteiger partial charge on any atom is 0.272 e. The lowest BCUT2D eigenvalue weighted by Gasteiger charge is -2.25. The second kappa shape index (κ2) is 7.61. The van der Waals surface area contributed by atoms with Gasteiger partial charge in [-0.2, -0.15) is 5.10 Å². The molecule has 6 heteroatoms. The van der Waals surface area contributed by atoms with Gasteiger partial charge in [0.25, 0.3) is 5.91 Å². The van der Waals surface area contributed by atoms with Crippen LogP contribution in [0.5, 0.6) is 0 Å². The molecule has 0 saturated heterocycles. The van der Waals surface area contributed by atoms with Crippen molar-refractivity contribution in [2.45, 2.75) is 64.8 Å². The van der Waals surface area contributed by atoms with Crippen LogP contribution in [0.4, 0.5) is 0 Å². The number of hydrogen-bond acceptors (Lipinski definition) is 2. The fourth-order valence-corrected chi connectivity index (χ4v) is 4.18. The fourth-order valence-electron chi connectivity index (χ4n) is 3.69. The first-order valence-electron chi connectivity index (χ1n) is 9.21. The Balaban J connectivity index is 2.02. The van der Waals surface area contributed by atoms with E-state index in [9.17, 15) is 4.79 Å². The Morgan fingerprint density at radius 2 is 2.00 bits per heavy atom. The molecule has 1 heterocycles. The molecule has 1 aliphatic carbocycles. The number of carbonyl (C=O) groups excluding carboxylic acids is 1. The first kappa shape index (κ1) is 19.2. The highest BCUT2D eigenvalue weighted by molar-refractivity contribution is 6.35. The number of amides is 1. The molecule has 0 unspecified atom stereocenters. The average molecular weight is 394 g/mol. The largest absolute Gasteiger partial charge is 0.346 e. The van der Waals surface area contributed by atoms with Gasteiger partial charge in [0.05, 0.1) is 10.7 Å². The maximum atomic E-state index is 12.9. The molecule has 0 spiro atoms. The van der Waals surface area contributed by atoms with E-state index in [1.807, 2.05) is 24.6 Å². The summed E-state index contributed by atoms with van der Waals surface area (Å²) in [4.78, 5) is 12.9. The van der Waals surface area contributed by atoms with Gasteiger partial charge in [0.15, 0.2) is 5.69 Å². The minimum absolute atomic E-state index is 0.106. The van der Waals surface area contributed by atoms with Gasteiger partial charge in [-0.05, 0) is 64.2 Å². The van der Waals surface area contributed by atoms with Crippen molar-refractivity contribution in [3.63, 3.8) is 0 Å². The van der Waals surface area contributed by atoms with Gasteiger partial charge < -0.3 is 5.32 Å². The third kappa shape index (κ3) is 3.91. The van der Waals surface area contributed by atoms with Crippen LogP contribution in [0, 0.1) is 0 Å². The number of rotatable bonds is 5. The van der Waals surface area contributed by atoms with Crippen LogP contribution in [0.2, 0.25) is 10.0 Å². The van der Waals surface area contributed by atoms with Gasteiger partial charge in [-0.3, -0.25) is 4.79 Å². The summed E-state index contributed by atoms with van der Waals surface area (Å²) in [6.07, 6.45) is 5.87. The lowest BCUT2D eigenvalue weighted by molar-refractivity contribution is 0.0902. The third-order valence-corrected chi connectivity index (χ3v) is 5.40. The molecule has 2 aromatic rings. The van der Waals surface area contributed by atoms with Crippen molar-refractivity contribution in [3.05, 3.63) is 45.2 Å². The molecule has 0 aliphatic heterocycles. The lowest BCUT2D eigenvalue weighted by atomic mass is 9.94. The highest BCUT2D eigenvalue weighted by Gasteiger charge is 2.29. The molecule has 1 aromatic carbocycles. The van der Waals surface area contributed by atoms with Crippen molar-refractivity contribution in [1.29, 1.82) is 0 Å². The van der Waals surface area contributed by atoms with E-state index in [1.54, 1.807) is 12.1 Å².